The molecule has 0 radical (unpaired) electrons. The molecular formula is C14H18N4O3S2. The molecule has 2 rings (SSSR count). The first-order valence-electron chi connectivity index (χ1n) is 7.03. The van der Waals surface area contributed by atoms with Gasteiger partial charge in [0.05, 0.1) is 11.1 Å². The average molecular weight is 354 g/mol. The molecule has 0 aliphatic carbocycles. The largest absolute Gasteiger partial charge is 0.341 e. The van der Waals surface area contributed by atoms with E-state index in [2.05, 4.69) is 15.6 Å². The SMILES string of the molecule is CCn1c(SCC(=O)NC(=O)NC)nc2sc(C)c(C)c2c1=O. The molecule has 0 aliphatic rings. The van der Waals surface area contributed by atoms with E-state index in [1.54, 1.807) is 4.57 Å². The van der Waals surface area contributed by atoms with Gasteiger partial charge in [-0.2, -0.15) is 0 Å². The maximum atomic E-state index is 12.6. The first-order valence-corrected chi connectivity index (χ1v) is 8.84. The number of urea groups is 1. The third-order valence-corrected chi connectivity index (χ3v) is 5.46. The highest BCUT2D eigenvalue weighted by Crippen LogP contribution is 2.28. The van der Waals surface area contributed by atoms with Crippen molar-refractivity contribution in [3.8, 4) is 0 Å². The van der Waals surface area contributed by atoms with Crippen molar-refractivity contribution in [2.45, 2.75) is 32.5 Å². The fourth-order valence-electron chi connectivity index (χ4n) is 2.05. The van der Waals surface area contributed by atoms with E-state index in [1.807, 2.05) is 20.8 Å². The topological polar surface area (TPSA) is 93.1 Å². The summed E-state index contributed by atoms with van der Waals surface area (Å²) < 4.78 is 1.55. The van der Waals surface area contributed by atoms with Crippen molar-refractivity contribution in [2.24, 2.45) is 0 Å². The van der Waals surface area contributed by atoms with Crippen LogP contribution in [0.2, 0.25) is 0 Å². The lowest BCUT2D eigenvalue weighted by Crippen LogP contribution is -2.38. The van der Waals surface area contributed by atoms with Gasteiger partial charge in [-0.25, -0.2) is 9.78 Å². The third kappa shape index (κ3) is 3.56. The Balaban J connectivity index is 2.32. The predicted octanol–water partition coefficient (Wildman–Crippen LogP) is 1.64. The molecule has 2 N–H and O–H groups in total. The number of aryl methyl sites for hydroxylation is 2. The number of thiophene rings is 1. The molecule has 0 atom stereocenters. The molecule has 2 heterocycles. The molecule has 2 aromatic heterocycles. The van der Waals surface area contributed by atoms with Crippen molar-refractivity contribution < 1.29 is 9.59 Å². The zero-order valence-electron chi connectivity index (χ0n) is 13.3. The van der Waals surface area contributed by atoms with Crippen LogP contribution in [-0.2, 0) is 11.3 Å². The second kappa shape index (κ2) is 7.14. The van der Waals surface area contributed by atoms with E-state index in [1.165, 1.54) is 18.4 Å². The summed E-state index contributed by atoms with van der Waals surface area (Å²) >= 11 is 2.62. The smallest absolute Gasteiger partial charge is 0.321 e. The average Bonchev–Trinajstić information content (AvgIpc) is 2.80. The Morgan fingerprint density at radius 2 is 2.04 bits per heavy atom. The summed E-state index contributed by atoms with van der Waals surface area (Å²) in [4.78, 5) is 41.7. The van der Waals surface area contributed by atoms with Crippen LogP contribution in [0.4, 0.5) is 4.79 Å². The number of hydrogen-bond acceptors (Lipinski definition) is 6. The molecule has 3 amide bonds. The molecule has 124 valence electrons. The Hall–Kier alpha value is -1.87. The number of fused-ring (bicyclic) bond motifs is 1. The molecule has 0 unspecified atom stereocenters. The molecule has 0 aromatic carbocycles. The van der Waals surface area contributed by atoms with Crippen molar-refractivity contribution in [3.63, 3.8) is 0 Å². The van der Waals surface area contributed by atoms with Crippen molar-refractivity contribution in [3.05, 3.63) is 20.8 Å². The Bertz CT molecular complexity index is 826. The summed E-state index contributed by atoms with van der Waals surface area (Å²) in [6.07, 6.45) is 0. The maximum Gasteiger partial charge on any atom is 0.321 e. The standard InChI is InChI=1S/C14H18N4O3S2/c1-5-18-12(20)10-7(2)8(3)23-11(10)17-14(18)22-6-9(19)16-13(21)15-4/h5-6H2,1-4H3,(H2,15,16,19,21). The number of nitrogens with one attached hydrogen (secondary N) is 2. The summed E-state index contributed by atoms with van der Waals surface area (Å²) in [7, 11) is 1.43. The minimum Gasteiger partial charge on any atom is -0.341 e. The highest BCUT2D eigenvalue weighted by molar-refractivity contribution is 7.99. The summed E-state index contributed by atoms with van der Waals surface area (Å²) in [5.41, 5.74) is 0.868. The summed E-state index contributed by atoms with van der Waals surface area (Å²) in [5.74, 6) is -0.431. The molecule has 0 fully saturated rings. The van der Waals surface area contributed by atoms with Crippen molar-refractivity contribution in [1.29, 1.82) is 0 Å². The van der Waals surface area contributed by atoms with E-state index >= 15 is 0 Å². The Morgan fingerprint density at radius 3 is 2.65 bits per heavy atom. The van der Waals surface area contributed by atoms with Crippen LogP contribution in [0.15, 0.2) is 9.95 Å². The second-order valence-electron chi connectivity index (χ2n) is 4.82. The summed E-state index contributed by atoms with van der Waals surface area (Å²) in [5, 5.41) is 5.62. The first-order chi connectivity index (χ1) is 10.9. The quantitative estimate of drug-likeness (QED) is 0.643. The van der Waals surface area contributed by atoms with Gasteiger partial charge < -0.3 is 5.32 Å². The third-order valence-electron chi connectivity index (χ3n) is 3.38. The zero-order chi connectivity index (χ0) is 17.1. The van der Waals surface area contributed by atoms with Crippen molar-refractivity contribution in [2.75, 3.05) is 12.8 Å². The lowest BCUT2D eigenvalue weighted by atomic mass is 10.2. The van der Waals surface area contributed by atoms with Crippen LogP contribution in [0, 0.1) is 13.8 Å². The number of nitrogens with zero attached hydrogens (tertiary/aromatic N) is 2. The van der Waals surface area contributed by atoms with E-state index < -0.39 is 11.9 Å². The molecule has 2 aromatic rings. The van der Waals surface area contributed by atoms with Crippen molar-refractivity contribution in [1.82, 2.24) is 20.2 Å². The van der Waals surface area contributed by atoms with Gasteiger partial charge in [0.15, 0.2) is 5.16 Å². The van der Waals surface area contributed by atoms with Gasteiger partial charge in [-0.1, -0.05) is 11.8 Å². The lowest BCUT2D eigenvalue weighted by Gasteiger charge is -2.09. The Labute approximate surface area is 141 Å². The molecule has 9 heteroatoms. The van der Waals surface area contributed by atoms with Crippen LogP contribution in [0.3, 0.4) is 0 Å². The summed E-state index contributed by atoms with van der Waals surface area (Å²) in [6.45, 7) is 6.20. The van der Waals surface area contributed by atoms with E-state index in [4.69, 9.17) is 0 Å². The van der Waals surface area contributed by atoms with Crippen molar-refractivity contribution >= 4 is 45.3 Å². The molecule has 0 aliphatic heterocycles. The van der Waals surface area contributed by atoms with Gasteiger partial charge in [-0.3, -0.25) is 19.5 Å². The van der Waals surface area contributed by atoms with E-state index in [9.17, 15) is 14.4 Å². The minimum absolute atomic E-state index is 0.00864. The second-order valence-corrected chi connectivity index (χ2v) is 6.97. The number of hydrogen-bond donors (Lipinski definition) is 2. The highest BCUT2D eigenvalue weighted by Gasteiger charge is 2.17. The van der Waals surface area contributed by atoms with Gasteiger partial charge in [0, 0.05) is 18.5 Å². The molecular weight excluding hydrogens is 336 g/mol. The molecule has 23 heavy (non-hydrogen) atoms. The number of imide groups is 1. The van der Waals surface area contributed by atoms with Crippen LogP contribution in [0.5, 0.6) is 0 Å². The van der Waals surface area contributed by atoms with Crippen LogP contribution in [0.25, 0.3) is 10.2 Å². The number of carbonyl (C=O) groups is 2. The van der Waals surface area contributed by atoms with E-state index in [0.29, 0.717) is 21.9 Å². The number of thioether (sulfide) groups is 1. The van der Waals surface area contributed by atoms with Gasteiger partial charge in [0.1, 0.15) is 4.83 Å². The van der Waals surface area contributed by atoms with E-state index in [-0.39, 0.29) is 11.3 Å². The fraction of sp³-hybridized carbons (Fsp3) is 0.429. The normalized spacial score (nSPS) is 10.8. The van der Waals surface area contributed by atoms with Gasteiger partial charge in [0.25, 0.3) is 5.56 Å². The van der Waals surface area contributed by atoms with Gasteiger partial charge in [-0.05, 0) is 26.3 Å². The van der Waals surface area contributed by atoms with E-state index in [0.717, 1.165) is 22.2 Å². The number of carbonyl (C=O) groups excluding carboxylic acids is 2. The summed E-state index contributed by atoms with van der Waals surface area (Å²) in [6, 6.07) is -0.559. The monoisotopic (exact) mass is 354 g/mol. The maximum absolute atomic E-state index is 12.6. The highest BCUT2D eigenvalue weighted by atomic mass is 32.2. The fourth-order valence-corrected chi connectivity index (χ4v) is 3.99. The molecule has 0 bridgehead atoms. The van der Waals surface area contributed by atoms with Gasteiger partial charge in [0.2, 0.25) is 5.91 Å². The first kappa shape index (κ1) is 17.5. The Morgan fingerprint density at radius 1 is 1.35 bits per heavy atom. The van der Waals surface area contributed by atoms with Crippen LogP contribution >= 0.6 is 23.1 Å². The Kier molecular flexibility index (Phi) is 5.42. The molecule has 0 saturated carbocycles. The van der Waals surface area contributed by atoms with Crippen LogP contribution < -0.4 is 16.2 Å². The number of aromatic nitrogens is 2. The zero-order valence-corrected chi connectivity index (χ0v) is 15.0. The van der Waals surface area contributed by atoms with Crippen LogP contribution in [-0.4, -0.2) is 34.3 Å². The number of amides is 3. The molecule has 0 saturated heterocycles. The molecule has 7 nitrogen and oxygen atoms in total. The lowest BCUT2D eigenvalue weighted by molar-refractivity contribution is -0.117. The van der Waals surface area contributed by atoms with Crippen LogP contribution in [0.1, 0.15) is 17.4 Å². The number of rotatable bonds is 4. The van der Waals surface area contributed by atoms with Gasteiger partial charge >= 0.3 is 6.03 Å². The molecule has 0 spiro atoms. The van der Waals surface area contributed by atoms with Gasteiger partial charge in [-0.15, -0.1) is 11.3 Å². The minimum atomic E-state index is -0.559. The predicted molar refractivity (Wildman–Crippen MR) is 92.4 cm³/mol.